The predicted octanol–water partition coefficient (Wildman–Crippen LogP) is 5.60. The van der Waals surface area contributed by atoms with Gasteiger partial charge in [0.1, 0.15) is 11.4 Å². The summed E-state index contributed by atoms with van der Waals surface area (Å²) in [4.78, 5) is 32.4. The molecule has 0 aliphatic rings. The maximum atomic E-state index is 11.6. The summed E-state index contributed by atoms with van der Waals surface area (Å²) < 4.78 is 5.40. The molecule has 1 N–H and O–H groups in total. The first-order chi connectivity index (χ1) is 14.2. The SMILES string of the molecule is CCCc1cc(NC(C)=O)c(N=Nc2c(Br)cc([N+](=O)[O-])cc2[N+](=O)[O-])cc1OC. The van der Waals surface area contributed by atoms with Crippen LogP contribution in [0.15, 0.2) is 39.0 Å². The summed E-state index contributed by atoms with van der Waals surface area (Å²) in [5, 5.41) is 33.0. The van der Waals surface area contributed by atoms with Gasteiger partial charge in [-0.2, -0.15) is 0 Å². The summed E-state index contributed by atoms with van der Waals surface area (Å²) in [6.45, 7) is 3.33. The van der Waals surface area contributed by atoms with Gasteiger partial charge >= 0.3 is 5.69 Å². The summed E-state index contributed by atoms with van der Waals surface area (Å²) in [7, 11) is 1.49. The lowest BCUT2D eigenvalue weighted by atomic mass is 10.1. The molecule has 0 aromatic heterocycles. The Morgan fingerprint density at radius 1 is 1.17 bits per heavy atom. The van der Waals surface area contributed by atoms with Crippen LogP contribution in [0.5, 0.6) is 5.75 Å². The zero-order valence-electron chi connectivity index (χ0n) is 16.3. The molecule has 2 aromatic carbocycles. The van der Waals surface area contributed by atoms with Crippen LogP contribution in [0.4, 0.5) is 28.4 Å². The highest BCUT2D eigenvalue weighted by molar-refractivity contribution is 9.10. The topological polar surface area (TPSA) is 149 Å². The third-order valence-corrected chi connectivity index (χ3v) is 4.53. The molecule has 158 valence electrons. The zero-order valence-corrected chi connectivity index (χ0v) is 17.9. The Morgan fingerprint density at radius 3 is 2.40 bits per heavy atom. The Hall–Kier alpha value is -3.41. The van der Waals surface area contributed by atoms with E-state index in [0.29, 0.717) is 17.9 Å². The average molecular weight is 480 g/mol. The normalized spacial score (nSPS) is 10.8. The van der Waals surface area contributed by atoms with Crippen LogP contribution in [-0.4, -0.2) is 22.9 Å². The maximum Gasteiger partial charge on any atom is 0.304 e. The number of nitrogens with one attached hydrogen (secondary N) is 1. The second-order valence-electron chi connectivity index (χ2n) is 6.12. The number of benzene rings is 2. The van der Waals surface area contributed by atoms with Crippen molar-refractivity contribution in [3.8, 4) is 5.75 Å². The molecule has 1 amide bonds. The number of ether oxygens (including phenoxy) is 1. The number of nitrogens with zero attached hydrogens (tertiary/aromatic N) is 4. The number of methoxy groups -OCH3 is 1. The van der Waals surface area contributed by atoms with Crippen molar-refractivity contribution in [2.75, 3.05) is 12.4 Å². The molecule has 0 heterocycles. The lowest BCUT2D eigenvalue weighted by Gasteiger charge is -2.13. The first-order valence-electron chi connectivity index (χ1n) is 8.70. The average Bonchev–Trinajstić information content (AvgIpc) is 2.67. The third-order valence-electron chi connectivity index (χ3n) is 3.92. The molecule has 0 bridgehead atoms. The highest BCUT2D eigenvalue weighted by atomic mass is 79.9. The molecule has 30 heavy (non-hydrogen) atoms. The summed E-state index contributed by atoms with van der Waals surface area (Å²) in [5.41, 5.74) is 0.173. The highest BCUT2D eigenvalue weighted by Gasteiger charge is 2.23. The number of halogens is 1. The van der Waals surface area contributed by atoms with E-state index < -0.39 is 21.2 Å². The molecule has 0 spiro atoms. The lowest BCUT2D eigenvalue weighted by Crippen LogP contribution is -2.07. The maximum absolute atomic E-state index is 11.6. The quantitative estimate of drug-likeness (QED) is 0.295. The molecule has 0 saturated carbocycles. The number of anilines is 1. The van der Waals surface area contributed by atoms with Crippen molar-refractivity contribution in [2.24, 2.45) is 10.2 Å². The smallest absolute Gasteiger partial charge is 0.304 e. The molecule has 0 aliphatic heterocycles. The second-order valence-corrected chi connectivity index (χ2v) is 6.98. The Kier molecular flexibility index (Phi) is 7.53. The monoisotopic (exact) mass is 479 g/mol. The molecule has 0 unspecified atom stereocenters. The molecular weight excluding hydrogens is 462 g/mol. The Balaban J connectivity index is 2.62. The third kappa shape index (κ3) is 5.35. The number of nitro groups is 2. The summed E-state index contributed by atoms with van der Waals surface area (Å²) >= 11 is 3.07. The summed E-state index contributed by atoms with van der Waals surface area (Å²) in [6, 6.07) is 5.17. The van der Waals surface area contributed by atoms with Crippen molar-refractivity contribution in [3.63, 3.8) is 0 Å². The minimum atomic E-state index is -0.786. The van der Waals surface area contributed by atoms with Gasteiger partial charge in [0, 0.05) is 19.1 Å². The van der Waals surface area contributed by atoms with Gasteiger partial charge in [-0.05, 0) is 34.0 Å². The molecule has 0 radical (unpaired) electrons. The fourth-order valence-corrected chi connectivity index (χ4v) is 3.18. The van der Waals surface area contributed by atoms with Crippen molar-refractivity contribution in [1.29, 1.82) is 0 Å². The standard InChI is InChI=1S/C18H18BrN5O6/c1-4-5-11-6-14(20-10(2)25)15(9-17(11)30-3)21-22-18-13(19)7-12(23(26)27)8-16(18)24(28)29/h6-9H,4-5H2,1-3H3,(H,20,25). The predicted molar refractivity (Wildman–Crippen MR) is 113 cm³/mol. The molecule has 0 saturated heterocycles. The number of rotatable bonds is 8. The van der Waals surface area contributed by atoms with Crippen molar-refractivity contribution >= 4 is 50.3 Å². The summed E-state index contributed by atoms with van der Waals surface area (Å²) in [5.74, 6) is 0.193. The van der Waals surface area contributed by atoms with E-state index in [1.54, 1.807) is 12.1 Å². The van der Waals surface area contributed by atoms with Gasteiger partial charge in [0.05, 0.1) is 33.2 Å². The van der Waals surface area contributed by atoms with Crippen LogP contribution in [0.1, 0.15) is 25.8 Å². The fraction of sp³-hybridized carbons (Fsp3) is 0.278. The second kappa shape index (κ2) is 9.87. The summed E-state index contributed by atoms with van der Waals surface area (Å²) in [6.07, 6.45) is 1.55. The van der Waals surface area contributed by atoms with E-state index in [0.717, 1.165) is 24.1 Å². The van der Waals surface area contributed by atoms with Gasteiger partial charge < -0.3 is 10.1 Å². The first-order valence-corrected chi connectivity index (χ1v) is 9.49. The van der Waals surface area contributed by atoms with Gasteiger partial charge in [0.15, 0.2) is 5.69 Å². The lowest BCUT2D eigenvalue weighted by molar-refractivity contribution is -0.393. The van der Waals surface area contributed by atoms with E-state index in [2.05, 4.69) is 31.5 Å². The zero-order chi connectivity index (χ0) is 22.4. The molecule has 0 aliphatic carbocycles. The highest BCUT2D eigenvalue weighted by Crippen LogP contribution is 2.41. The largest absolute Gasteiger partial charge is 0.496 e. The molecule has 2 aromatic rings. The Labute approximate surface area is 179 Å². The van der Waals surface area contributed by atoms with E-state index in [1.165, 1.54) is 14.0 Å². The minimum Gasteiger partial charge on any atom is -0.496 e. The molecular formula is C18H18BrN5O6. The molecule has 0 atom stereocenters. The fourth-order valence-electron chi connectivity index (χ4n) is 2.66. The van der Waals surface area contributed by atoms with Crippen LogP contribution < -0.4 is 10.1 Å². The number of aryl methyl sites for hydroxylation is 1. The number of carbonyl (C=O) groups is 1. The molecule has 0 fully saturated rings. The van der Waals surface area contributed by atoms with Crippen LogP contribution in [0.2, 0.25) is 0 Å². The molecule has 11 nitrogen and oxygen atoms in total. The number of azo groups is 1. The first kappa shape index (κ1) is 22.9. The van der Waals surface area contributed by atoms with E-state index >= 15 is 0 Å². The van der Waals surface area contributed by atoms with E-state index in [4.69, 9.17) is 4.74 Å². The number of hydrogen-bond donors (Lipinski definition) is 1. The van der Waals surface area contributed by atoms with Crippen molar-refractivity contribution in [2.45, 2.75) is 26.7 Å². The van der Waals surface area contributed by atoms with Gasteiger partial charge in [0.2, 0.25) is 5.91 Å². The van der Waals surface area contributed by atoms with Crippen LogP contribution >= 0.6 is 15.9 Å². The van der Waals surface area contributed by atoms with Crippen molar-refractivity contribution in [3.05, 3.63) is 54.5 Å². The van der Waals surface area contributed by atoms with E-state index in [9.17, 15) is 25.0 Å². The number of amides is 1. The van der Waals surface area contributed by atoms with E-state index in [-0.39, 0.29) is 21.8 Å². The number of carbonyl (C=O) groups excluding carboxylic acids is 1. The Morgan fingerprint density at radius 2 is 1.87 bits per heavy atom. The minimum absolute atomic E-state index is 0.0304. The van der Waals surface area contributed by atoms with Crippen LogP contribution in [-0.2, 0) is 11.2 Å². The molecule has 12 heteroatoms. The number of nitro benzene ring substituents is 2. The number of hydrogen-bond acceptors (Lipinski definition) is 8. The van der Waals surface area contributed by atoms with Gasteiger partial charge in [-0.3, -0.25) is 25.0 Å². The Bertz CT molecular complexity index is 1040. The van der Waals surface area contributed by atoms with Gasteiger partial charge in [-0.15, -0.1) is 10.2 Å². The van der Waals surface area contributed by atoms with Crippen LogP contribution in [0, 0.1) is 20.2 Å². The van der Waals surface area contributed by atoms with Crippen LogP contribution in [0.25, 0.3) is 0 Å². The van der Waals surface area contributed by atoms with Gasteiger partial charge in [-0.25, -0.2) is 0 Å². The molecule has 2 rings (SSSR count). The van der Waals surface area contributed by atoms with E-state index in [1.807, 2.05) is 6.92 Å². The van der Waals surface area contributed by atoms with Crippen LogP contribution in [0.3, 0.4) is 0 Å². The number of non-ortho nitro benzene ring substituents is 1. The van der Waals surface area contributed by atoms with Gasteiger partial charge in [-0.1, -0.05) is 13.3 Å². The van der Waals surface area contributed by atoms with Gasteiger partial charge in [0.25, 0.3) is 5.69 Å². The van der Waals surface area contributed by atoms with Crippen molar-refractivity contribution in [1.82, 2.24) is 0 Å². The van der Waals surface area contributed by atoms with Crippen molar-refractivity contribution < 1.29 is 19.4 Å².